The first kappa shape index (κ1) is 17.0. The van der Waals surface area contributed by atoms with Gasteiger partial charge >= 0.3 is 5.97 Å². The zero-order valence-corrected chi connectivity index (χ0v) is 11.4. The summed E-state index contributed by atoms with van der Waals surface area (Å²) in [7, 11) is 0. The Morgan fingerprint density at radius 1 is 1.17 bits per heavy atom. The highest BCUT2D eigenvalue weighted by Gasteiger charge is 2.30. The molecule has 18 heavy (non-hydrogen) atoms. The fourth-order valence-electron chi connectivity index (χ4n) is 1.36. The molecule has 0 saturated heterocycles. The molecule has 0 aromatic rings. The van der Waals surface area contributed by atoms with Gasteiger partial charge in [0, 0.05) is 0 Å². The number of unbranched alkanes of at least 4 members (excludes halogenated alkanes) is 1. The maximum absolute atomic E-state index is 11.8. The second-order valence-corrected chi connectivity index (χ2v) is 5.30. The summed E-state index contributed by atoms with van der Waals surface area (Å²) in [5.74, 6) is -1.22. The molecule has 0 spiro atoms. The number of carbonyl (C=O) groups excluding carboxylic acids is 2. The maximum atomic E-state index is 11.8. The van der Waals surface area contributed by atoms with Crippen LogP contribution in [0.5, 0.6) is 0 Å². The number of Topliss-reactive ketones (excluding diaryl/α,β-unsaturated/α-hetero) is 1. The number of hydrogen-bond donors (Lipinski definition) is 3. The largest absolute Gasteiger partial charge is 0.458 e. The quantitative estimate of drug-likeness (QED) is 0.327. The smallest absolute Gasteiger partial charge is 0.331 e. The predicted molar refractivity (Wildman–Crippen MR) is 69.7 cm³/mol. The first-order valence-electron chi connectivity index (χ1n) is 6.17. The third-order valence-electron chi connectivity index (χ3n) is 2.30. The van der Waals surface area contributed by atoms with E-state index in [2.05, 4.69) is 0 Å². The molecule has 106 valence electrons. The molecule has 0 saturated carbocycles. The van der Waals surface area contributed by atoms with E-state index in [4.69, 9.17) is 21.9 Å². The fourth-order valence-corrected chi connectivity index (χ4v) is 1.36. The molecule has 0 bridgehead atoms. The summed E-state index contributed by atoms with van der Waals surface area (Å²) in [5, 5.41) is 0. The van der Waals surface area contributed by atoms with Crippen LogP contribution in [-0.2, 0) is 14.3 Å². The zero-order valence-electron chi connectivity index (χ0n) is 11.4. The highest BCUT2D eigenvalue weighted by Crippen LogP contribution is 2.09. The molecule has 0 rings (SSSR count). The SMILES string of the molecule is CC(C)(C)OC(=O)C(N)C(=O)[C@@H](N)CCCCN. The highest BCUT2D eigenvalue weighted by molar-refractivity contribution is 6.05. The first-order valence-corrected chi connectivity index (χ1v) is 6.17. The summed E-state index contributed by atoms with van der Waals surface area (Å²) in [4.78, 5) is 23.4. The van der Waals surface area contributed by atoms with Gasteiger partial charge in [0.15, 0.2) is 11.8 Å². The first-order chi connectivity index (χ1) is 8.19. The number of nitrogens with two attached hydrogens (primary N) is 3. The van der Waals surface area contributed by atoms with E-state index in [1.54, 1.807) is 20.8 Å². The number of hydrogen-bond acceptors (Lipinski definition) is 6. The van der Waals surface area contributed by atoms with E-state index in [-0.39, 0.29) is 0 Å². The van der Waals surface area contributed by atoms with Crippen molar-refractivity contribution in [2.24, 2.45) is 17.2 Å². The lowest BCUT2D eigenvalue weighted by Gasteiger charge is -2.22. The van der Waals surface area contributed by atoms with Gasteiger partial charge in [-0.05, 0) is 40.2 Å². The molecule has 6 nitrogen and oxygen atoms in total. The van der Waals surface area contributed by atoms with Crippen molar-refractivity contribution in [2.45, 2.75) is 57.7 Å². The standard InChI is InChI=1S/C12H25N3O3/c1-12(2,3)18-11(17)9(15)10(16)8(14)6-4-5-7-13/h8-9H,4-7,13-15H2,1-3H3/t8-,9?/m0/s1. The van der Waals surface area contributed by atoms with Crippen LogP contribution in [0.25, 0.3) is 0 Å². The Hall–Kier alpha value is -0.980. The van der Waals surface area contributed by atoms with Crippen LogP contribution in [0.2, 0.25) is 0 Å². The van der Waals surface area contributed by atoms with Crippen molar-refractivity contribution >= 4 is 11.8 Å². The van der Waals surface area contributed by atoms with Crippen molar-refractivity contribution in [3.05, 3.63) is 0 Å². The Bertz CT molecular complexity index is 287. The summed E-state index contributed by atoms with van der Waals surface area (Å²) in [6, 6.07) is -2.05. The number of carbonyl (C=O) groups is 2. The summed E-state index contributed by atoms with van der Waals surface area (Å²) >= 11 is 0. The lowest BCUT2D eigenvalue weighted by atomic mass is 10.0. The minimum atomic E-state index is -1.31. The van der Waals surface area contributed by atoms with E-state index in [0.29, 0.717) is 13.0 Å². The van der Waals surface area contributed by atoms with Crippen LogP contribution < -0.4 is 17.2 Å². The number of esters is 1. The molecule has 0 radical (unpaired) electrons. The van der Waals surface area contributed by atoms with Gasteiger partial charge in [0.1, 0.15) is 5.60 Å². The van der Waals surface area contributed by atoms with Gasteiger partial charge in [-0.2, -0.15) is 0 Å². The topological polar surface area (TPSA) is 121 Å². The zero-order chi connectivity index (χ0) is 14.3. The summed E-state index contributed by atoms with van der Waals surface area (Å²) in [6.45, 7) is 5.69. The van der Waals surface area contributed by atoms with Crippen LogP contribution in [0.3, 0.4) is 0 Å². The Morgan fingerprint density at radius 3 is 2.17 bits per heavy atom. The summed E-state index contributed by atoms with van der Waals surface area (Å²) in [5.41, 5.74) is 15.9. The molecular weight excluding hydrogens is 234 g/mol. The molecule has 0 heterocycles. The van der Waals surface area contributed by atoms with Crippen LogP contribution in [-0.4, -0.2) is 36.0 Å². The third-order valence-corrected chi connectivity index (χ3v) is 2.30. The molecule has 0 aliphatic rings. The van der Waals surface area contributed by atoms with Crippen molar-refractivity contribution in [1.82, 2.24) is 0 Å². The minimum Gasteiger partial charge on any atom is -0.458 e. The van der Waals surface area contributed by atoms with Crippen molar-refractivity contribution in [3.8, 4) is 0 Å². The van der Waals surface area contributed by atoms with E-state index >= 15 is 0 Å². The van der Waals surface area contributed by atoms with Gasteiger partial charge in [-0.15, -0.1) is 0 Å². The maximum Gasteiger partial charge on any atom is 0.331 e. The van der Waals surface area contributed by atoms with Crippen LogP contribution in [0.4, 0.5) is 0 Å². The molecule has 2 atom stereocenters. The van der Waals surface area contributed by atoms with Crippen LogP contribution in [0.1, 0.15) is 40.0 Å². The molecule has 0 fully saturated rings. The van der Waals surface area contributed by atoms with Crippen LogP contribution >= 0.6 is 0 Å². The summed E-state index contributed by atoms with van der Waals surface area (Å²) < 4.78 is 5.04. The predicted octanol–water partition coefficient (Wildman–Crippen LogP) is -0.319. The monoisotopic (exact) mass is 259 g/mol. The lowest BCUT2D eigenvalue weighted by molar-refractivity contribution is -0.158. The number of ketones is 1. The van der Waals surface area contributed by atoms with Gasteiger partial charge in [-0.25, -0.2) is 4.79 Å². The Labute approximate surface area is 108 Å². The van der Waals surface area contributed by atoms with Crippen LogP contribution in [0.15, 0.2) is 0 Å². The van der Waals surface area contributed by atoms with Crippen molar-refractivity contribution in [2.75, 3.05) is 6.54 Å². The molecule has 0 amide bonds. The molecule has 0 aliphatic carbocycles. The number of rotatable bonds is 7. The van der Waals surface area contributed by atoms with Gasteiger partial charge < -0.3 is 21.9 Å². The van der Waals surface area contributed by atoms with Crippen LogP contribution in [0, 0.1) is 0 Å². The molecule has 0 aliphatic heterocycles. The lowest BCUT2D eigenvalue weighted by Crippen LogP contribution is -2.49. The molecule has 1 unspecified atom stereocenters. The van der Waals surface area contributed by atoms with E-state index < -0.39 is 29.4 Å². The van der Waals surface area contributed by atoms with Gasteiger partial charge in [-0.3, -0.25) is 4.79 Å². The molecule has 0 aromatic heterocycles. The van der Waals surface area contributed by atoms with Gasteiger partial charge in [0.2, 0.25) is 0 Å². The Balaban J connectivity index is 4.27. The molecule has 6 heteroatoms. The fraction of sp³-hybridized carbons (Fsp3) is 0.833. The van der Waals surface area contributed by atoms with Crippen molar-refractivity contribution in [3.63, 3.8) is 0 Å². The molecule has 0 aromatic carbocycles. The van der Waals surface area contributed by atoms with E-state index in [0.717, 1.165) is 12.8 Å². The third kappa shape index (κ3) is 6.68. The normalized spacial score (nSPS) is 15.0. The van der Waals surface area contributed by atoms with E-state index in [9.17, 15) is 9.59 Å². The van der Waals surface area contributed by atoms with Gasteiger partial charge in [0.25, 0.3) is 0 Å². The van der Waals surface area contributed by atoms with Crippen molar-refractivity contribution < 1.29 is 14.3 Å². The van der Waals surface area contributed by atoms with E-state index in [1.165, 1.54) is 0 Å². The summed E-state index contributed by atoms with van der Waals surface area (Å²) in [6.07, 6.45) is 2.01. The second kappa shape index (κ2) is 7.45. The number of ether oxygens (including phenoxy) is 1. The van der Waals surface area contributed by atoms with Gasteiger partial charge in [-0.1, -0.05) is 6.42 Å². The average molecular weight is 259 g/mol. The Morgan fingerprint density at radius 2 is 1.72 bits per heavy atom. The van der Waals surface area contributed by atoms with Crippen molar-refractivity contribution in [1.29, 1.82) is 0 Å². The average Bonchev–Trinajstić information content (AvgIpc) is 2.24. The Kier molecular flexibility index (Phi) is 7.05. The van der Waals surface area contributed by atoms with E-state index in [1.807, 2.05) is 0 Å². The molecule has 6 N–H and O–H groups in total. The second-order valence-electron chi connectivity index (χ2n) is 5.30. The molecular formula is C12H25N3O3. The van der Waals surface area contributed by atoms with Gasteiger partial charge in [0.05, 0.1) is 6.04 Å². The minimum absolute atomic E-state index is 0.479. The highest BCUT2D eigenvalue weighted by atomic mass is 16.6.